The fourth-order valence-corrected chi connectivity index (χ4v) is 4.98. The molecule has 1 aromatic heterocycles. The molecule has 1 fully saturated rings. The summed E-state index contributed by atoms with van der Waals surface area (Å²) < 4.78 is 32.9. The van der Waals surface area contributed by atoms with Crippen molar-refractivity contribution in [1.29, 1.82) is 0 Å². The maximum absolute atomic E-state index is 12.5. The van der Waals surface area contributed by atoms with E-state index in [1.165, 1.54) is 17.4 Å². The molecule has 7 nitrogen and oxygen atoms in total. The van der Waals surface area contributed by atoms with Crippen LogP contribution in [0.15, 0.2) is 23.1 Å². The van der Waals surface area contributed by atoms with E-state index in [0.717, 1.165) is 44.3 Å². The van der Waals surface area contributed by atoms with E-state index in [-0.39, 0.29) is 10.0 Å². The van der Waals surface area contributed by atoms with Gasteiger partial charge in [-0.3, -0.25) is 9.62 Å². The van der Waals surface area contributed by atoms with Crippen molar-refractivity contribution in [2.24, 2.45) is 0 Å². The summed E-state index contributed by atoms with van der Waals surface area (Å²) in [7, 11) is -3.74. The maximum Gasteiger partial charge on any atom is 0.264 e. The molecule has 0 atom stereocenters. The first kappa shape index (κ1) is 18.5. The Hall–Kier alpha value is -1.26. The third-order valence-electron chi connectivity index (χ3n) is 3.94. The van der Waals surface area contributed by atoms with Crippen LogP contribution in [0.5, 0.6) is 0 Å². The number of aromatic nitrogens is 2. The number of rotatable bonds is 6. The molecule has 2 aromatic rings. The van der Waals surface area contributed by atoms with Crippen molar-refractivity contribution < 1.29 is 13.2 Å². The number of ether oxygens (including phenoxy) is 1. The summed E-state index contributed by atoms with van der Waals surface area (Å²) in [5.41, 5.74) is 0.508. The van der Waals surface area contributed by atoms with Gasteiger partial charge in [0.25, 0.3) is 10.0 Å². The van der Waals surface area contributed by atoms with Crippen LogP contribution in [0, 0.1) is 6.92 Å². The van der Waals surface area contributed by atoms with Crippen molar-refractivity contribution in [3.8, 4) is 0 Å². The van der Waals surface area contributed by atoms with E-state index in [4.69, 9.17) is 16.3 Å². The Morgan fingerprint density at radius 1 is 1.32 bits per heavy atom. The monoisotopic (exact) mass is 402 g/mol. The molecule has 1 N–H and O–H groups in total. The summed E-state index contributed by atoms with van der Waals surface area (Å²) in [6, 6.07) is 4.78. The van der Waals surface area contributed by atoms with Crippen molar-refractivity contribution in [2.75, 3.05) is 37.6 Å². The summed E-state index contributed by atoms with van der Waals surface area (Å²) in [5, 5.41) is 9.49. The highest BCUT2D eigenvalue weighted by Gasteiger charge is 2.20. The molecule has 0 saturated carbocycles. The Bertz CT molecular complexity index is 835. The van der Waals surface area contributed by atoms with Gasteiger partial charge in [-0.2, -0.15) is 0 Å². The largest absolute Gasteiger partial charge is 0.379 e. The lowest BCUT2D eigenvalue weighted by molar-refractivity contribution is 0.0384. The molecule has 0 amide bonds. The number of morpholine rings is 1. The fourth-order valence-electron chi connectivity index (χ4n) is 2.52. The second-order valence-corrected chi connectivity index (χ2v) is 8.79. The maximum atomic E-state index is 12.5. The molecular weight excluding hydrogens is 384 g/mol. The van der Waals surface area contributed by atoms with Crippen molar-refractivity contribution in [1.82, 2.24) is 15.1 Å². The van der Waals surface area contributed by atoms with Crippen LogP contribution in [0.1, 0.15) is 10.6 Å². The molecule has 1 aliphatic heterocycles. The molecule has 0 spiro atoms. The molecule has 2 heterocycles. The van der Waals surface area contributed by atoms with E-state index in [0.29, 0.717) is 10.6 Å². The SMILES string of the molecule is Cc1c(Cl)cccc1S(=O)(=O)Nc1nnc(CCN2CCOCC2)s1. The number of hydrogen-bond acceptors (Lipinski definition) is 7. The highest BCUT2D eigenvalue weighted by molar-refractivity contribution is 7.93. The van der Waals surface area contributed by atoms with Crippen LogP contribution in [0.25, 0.3) is 0 Å². The molecule has 3 rings (SSSR count). The van der Waals surface area contributed by atoms with E-state index >= 15 is 0 Å². The molecule has 0 radical (unpaired) electrons. The highest BCUT2D eigenvalue weighted by Crippen LogP contribution is 2.26. The molecule has 1 saturated heterocycles. The quantitative estimate of drug-likeness (QED) is 0.797. The van der Waals surface area contributed by atoms with Crippen LogP contribution in [0.2, 0.25) is 5.02 Å². The second-order valence-electron chi connectivity index (χ2n) is 5.67. The molecule has 0 bridgehead atoms. The number of nitrogens with zero attached hydrogens (tertiary/aromatic N) is 3. The summed E-state index contributed by atoms with van der Waals surface area (Å²) in [5.74, 6) is 0. The molecule has 25 heavy (non-hydrogen) atoms. The predicted molar refractivity (Wildman–Crippen MR) is 97.9 cm³/mol. The van der Waals surface area contributed by atoms with Gasteiger partial charge in [0.1, 0.15) is 5.01 Å². The Kier molecular flexibility index (Phi) is 5.90. The molecule has 0 unspecified atom stereocenters. The number of halogens is 1. The zero-order valence-electron chi connectivity index (χ0n) is 13.7. The number of anilines is 1. The zero-order chi connectivity index (χ0) is 17.9. The normalized spacial score (nSPS) is 16.1. The van der Waals surface area contributed by atoms with Crippen molar-refractivity contribution in [3.05, 3.63) is 33.8 Å². The van der Waals surface area contributed by atoms with Gasteiger partial charge in [-0.05, 0) is 24.6 Å². The average Bonchev–Trinajstić information content (AvgIpc) is 3.03. The second kappa shape index (κ2) is 7.96. The summed E-state index contributed by atoms with van der Waals surface area (Å²) >= 11 is 7.26. The minimum absolute atomic E-state index is 0.144. The molecule has 10 heteroatoms. The van der Waals surface area contributed by atoms with Crippen LogP contribution < -0.4 is 4.72 Å². The van der Waals surface area contributed by atoms with Gasteiger partial charge in [-0.15, -0.1) is 10.2 Å². The Labute approximate surface area is 156 Å². The van der Waals surface area contributed by atoms with E-state index in [1.807, 2.05) is 0 Å². The smallest absolute Gasteiger partial charge is 0.264 e. The summed E-state index contributed by atoms with van der Waals surface area (Å²) in [4.78, 5) is 2.44. The van der Waals surface area contributed by atoms with Crippen LogP contribution in [-0.2, 0) is 21.2 Å². The van der Waals surface area contributed by atoms with E-state index in [9.17, 15) is 8.42 Å². The van der Waals surface area contributed by atoms with Crippen molar-refractivity contribution in [2.45, 2.75) is 18.2 Å². The third kappa shape index (κ3) is 4.68. The predicted octanol–water partition coefficient (Wildman–Crippen LogP) is 2.18. The van der Waals surface area contributed by atoms with Gasteiger partial charge >= 0.3 is 0 Å². The molecular formula is C15H19ClN4O3S2. The lowest BCUT2D eigenvalue weighted by atomic mass is 10.2. The summed E-state index contributed by atoms with van der Waals surface area (Å²) in [6.07, 6.45) is 0.732. The summed E-state index contributed by atoms with van der Waals surface area (Å²) in [6.45, 7) is 5.85. The highest BCUT2D eigenvalue weighted by atomic mass is 35.5. The van der Waals surface area contributed by atoms with E-state index in [1.54, 1.807) is 19.1 Å². The van der Waals surface area contributed by atoms with Gasteiger partial charge in [0.05, 0.1) is 18.1 Å². The third-order valence-corrected chi connectivity index (χ3v) is 6.86. The number of nitrogens with one attached hydrogen (secondary N) is 1. The van der Waals surface area contributed by atoms with Crippen LogP contribution in [-0.4, -0.2) is 56.4 Å². The first-order valence-corrected chi connectivity index (χ1v) is 10.5. The van der Waals surface area contributed by atoms with Gasteiger partial charge in [0, 0.05) is 31.1 Å². The van der Waals surface area contributed by atoms with Gasteiger partial charge in [-0.1, -0.05) is 29.0 Å². The molecule has 0 aliphatic carbocycles. The molecule has 1 aliphatic rings. The van der Waals surface area contributed by atoms with Crippen molar-refractivity contribution in [3.63, 3.8) is 0 Å². The fraction of sp³-hybridized carbons (Fsp3) is 0.467. The van der Waals surface area contributed by atoms with Gasteiger partial charge in [-0.25, -0.2) is 8.42 Å². The van der Waals surface area contributed by atoms with Crippen LogP contribution in [0.4, 0.5) is 5.13 Å². The first-order chi connectivity index (χ1) is 12.0. The minimum Gasteiger partial charge on any atom is -0.379 e. The van der Waals surface area contributed by atoms with Crippen molar-refractivity contribution >= 4 is 38.1 Å². The number of hydrogen-bond donors (Lipinski definition) is 1. The topological polar surface area (TPSA) is 84.4 Å². The van der Waals surface area contributed by atoms with Gasteiger partial charge in [0.15, 0.2) is 0 Å². The van der Waals surface area contributed by atoms with E-state index in [2.05, 4.69) is 19.8 Å². The Morgan fingerprint density at radius 3 is 2.84 bits per heavy atom. The first-order valence-electron chi connectivity index (χ1n) is 7.86. The average molecular weight is 403 g/mol. The lowest BCUT2D eigenvalue weighted by Crippen LogP contribution is -2.37. The zero-order valence-corrected chi connectivity index (χ0v) is 16.1. The Balaban J connectivity index is 1.65. The van der Waals surface area contributed by atoms with Gasteiger partial charge in [0.2, 0.25) is 5.13 Å². The Morgan fingerprint density at radius 2 is 2.08 bits per heavy atom. The van der Waals surface area contributed by atoms with Crippen LogP contribution in [0.3, 0.4) is 0 Å². The minimum atomic E-state index is -3.74. The van der Waals surface area contributed by atoms with Gasteiger partial charge < -0.3 is 4.74 Å². The number of sulfonamides is 1. The standard InChI is InChI=1S/C15H19ClN4O3S2/c1-11-12(16)3-2-4-13(11)25(21,22)19-15-18-17-14(24-15)5-6-20-7-9-23-10-8-20/h2-4H,5-10H2,1H3,(H,18,19). The van der Waals surface area contributed by atoms with Crippen LogP contribution >= 0.6 is 22.9 Å². The molecule has 1 aromatic carbocycles. The molecule has 136 valence electrons. The lowest BCUT2D eigenvalue weighted by Gasteiger charge is -2.25. The van der Waals surface area contributed by atoms with E-state index < -0.39 is 10.0 Å². The number of benzene rings is 1.